The van der Waals surface area contributed by atoms with Gasteiger partial charge < -0.3 is 10.1 Å². The molecule has 72 valence electrons. The Morgan fingerprint density at radius 1 is 1.62 bits per heavy atom. The number of ether oxygens (including phenoxy) is 1. The van der Waals surface area contributed by atoms with Gasteiger partial charge in [-0.25, -0.2) is 0 Å². The second-order valence-corrected chi connectivity index (χ2v) is 4.41. The van der Waals surface area contributed by atoms with Crippen LogP contribution in [0.25, 0.3) is 0 Å². The largest absolute Gasteiger partial charge is 0.380 e. The molecule has 1 atom stereocenters. The van der Waals surface area contributed by atoms with Gasteiger partial charge in [-0.2, -0.15) is 0 Å². The van der Waals surface area contributed by atoms with Crippen molar-refractivity contribution in [2.24, 2.45) is 0 Å². The SMILES string of the molecule is c1csc(CN[C@H]2CCCOC2)c1. The Kier molecular flexibility index (Phi) is 3.35. The van der Waals surface area contributed by atoms with E-state index in [1.165, 1.54) is 17.7 Å². The van der Waals surface area contributed by atoms with Gasteiger partial charge in [0.25, 0.3) is 0 Å². The Morgan fingerprint density at radius 3 is 3.31 bits per heavy atom. The number of rotatable bonds is 3. The van der Waals surface area contributed by atoms with E-state index in [2.05, 4.69) is 22.8 Å². The van der Waals surface area contributed by atoms with Crippen LogP contribution < -0.4 is 5.32 Å². The molecule has 2 nitrogen and oxygen atoms in total. The van der Waals surface area contributed by atoms with Crippen LogP contribution in [0.1, 0.15) is 17.7 Å². The molecule has 2 heterocycles. The Balaban J connectivity index is 1.72. The molecule has 1 aliphatic heterocycles. The maximum Gasteiger partial charge on any atom is 0.0619 e. The van der Waals surface area contributed by atoms with E-state index >= 15 is 0 Å². The predicted octanol–water partition coefficient (Wildman–Crippen LogP) is 2.02. The van der Waals surface area contributed by atoms with E-state index in [1.54, 1.807) is 0 Å². The standard InChI is InChI=1S/C10H15NOS/c1-3-9(8-12-5-1)11-7-10-4-2-6-13-10/h2,4,6,9,11H,1,3,5,7-8H2/t9-/m0/s1. The monoisotopic (exact) mass is 197 g/mol. The summed E-state index contributed by atoms with van der Waals surface area (Å²) >= 11 is 1.81. The lowest BCUT2D eigenvalue weighted by molar-refractivity contribution is 0.0700. The highest BCUT2D eigenvalue weighted by molar-refractivity contribution is 7.09. The summed E-state index contributed by atoms with van der Waals surface area (Å²) in [6, 6.07) is 4.83. The van der Waals surface area contributed by atoms with Gasteiger partial charge in [0.2, 0.25) is 0 Å². The van der Waals surface area contributed by atoms with Gasteiger partial charge in [0.05, 0.1) is 6.61 Å². The molecule has 0 unspecified atom stereocenters. The van der Waals surface area contributed by atoms with Gasteiger partial charge in [-0.1, -0.05) is 6.07 Å². The lowest BCUT2D eigenvalue weighted by Crippen LogP contribution is -2.36. The third-order valence-corrected chi connectivity index (χ3v) is 3.18. The summed E-state index contributed by atoms with van der Waals surface area (Å²) in [7, 11) is 0. The van der Waals surface area contributed by atoms with Crippen molar-refractivity contribution in [3.8, 4) is 0 Å². The smallest absolute Gasteiger partial charge is 0.0619 e. The maximum atomic E-state index is 5.39. The quantitative estimate of drug-likeness (QED) is 0.800. The van der Waals surface area contributed by atoms with Gasteiger partial charge in [0, 0.05) is 24.1 Å². The molecule has 1 N–H and O–H groups in total. The van der Waals surface area contributed by atoms with Crippen LogP contribution in [0.4, 0.5) is 0 Å². The van der Waals surface area contributed by atoms with E-state index in [0.29, 0.717) is 6.04 Å². The summed E-state index contributed by atoms with van der Waals surface area (Å²) in [4.78, 5) is 1.41. The fourth-order valence-electron chi connectivity index (χ4n) is 1.56. The maximum absolute atomic E-state index is 5.39. The zero-order valence-corrected chi connectivity index (χ0v) is 8.48. The first-order valence-electron chi connectivity index (χ1n) is 4.78. The van der Waals surface area contributed by atoms with Crippen LogP contribution in [-0.4, -0.2) is 19.3 Å². The third kappa shape index (κ3) is 2.79. The van der Waals surface area contributed by atoms with Crippen LogP contribution in [0.2, 0.25) is 0 Å². The molecule has 1 saturated heterocycles. The fourth-order valence-corrected chi connectivity index (χ4v) is 2.22. The summed E-state index contributed by atoms with van der Waals surface area (Å²) in [5, 5.41) is 5.63. The molecular formula is C10H15NOS. The first-order chi connectivity index (χ1) is 6.45. The van der Waals surface area contributed by atoms with Gasteiger partial charge in [-0.15, -0.1) is 11.3 Å². The van der Waals surface area contributed by atoms with Crippen LogP contribution in [0.5, 0.6) is 0 Å². The molecule has 3 heteroatoms. The fraction of sp³-hybridized carbons (Fsp3) is 0.600. The Morgan fingerprint density at radius 2 is 2.62 bits per heavy atom. The highest BCUT2D eigenvalue weighted by Crippen LogP contribution is 2.10. The summed E-state index contributed by atoms with van der Waals surface area (Å²) in [6.45, 7) is 2.81. The van der Waals surface area contributed by atoms with Crippen molar-refractivity contribution in [3.63, 3.8) is 0 Å². The van der Waals surface area contributed by atoms with Crippen molar-refractivity contribution < 1.29 is 4.74 Å². The van der Waals surface area contributed by atoms with Crippen LogP contribution >= 0.6 is 11.3 Å². The minimum atomic E-state index is 0.566. The van der Waals surface area contributed by atoms with Crippen LogP contribution in [0.15, 0.2) is 17.5 Å². The first-order valence-corrected chi connectivity index (χ1v) is 5.66. The molecule has 2 rings (SSSR count). The number of nitrogens with one attached hydrogen (secondary N) is 1. The van der Waals surface area contributed by atoms with E-state index in [0.717, 1.165) is 19.8 Å². The molecule has 1 aromatic heterocycles. The molecule has 0 aliphatic carbocycles. The highest BCUT2D eigenvalue weighted by atomic mass is 32.1. The Hall–Kier alpha value is -0.380. The minimum absolute atomic E-state index is 0.566. The third-order valence-electron chi connectivity index (χ3n) is 2.31. The number of thiophene rings is 1. The van der Waals surface area contributed by atoms with E-state index < -0.39 is 0 Å². The average molecular weight is 197 g/mol. The van der Waals surface area contributed by atoms with Crippen LogP contribution in [-0.2, 0) is 11.3 Å². The molecule has 0 spiro atoms. The van der Waals surface area contributed by atoms with Crippen LogP contribution in [0, 0.1) is 0 Å². The Bertz CT molecular complexity index is 229. The van der Waals surface area contributed by atoms with Gasteiger partial charge >= 0.3 is 0 Å². The lowest BCUT2D eigenvalue weighted by Gasteiger charge is -2.22. The van der Waals surface area contributed by atoms with Crippen molar-refractivity contribution in [2.75, 3.05) is 13.2 Å². The van der Waals surface area contributed by atoms with Crippen molar-refractivity contribution >= 4 is 11.3 Å². The molecule has 1 fully saturated rings. The minimum Gasteiger partial charge on any atom is -0.380 e. The van der Waals surface area contributed by atoms with E-state index in [-0.39, 0.29) is 0 Å². The van der Waals surface area contributed by atoms with E-state index in [1.807, 2.05) is 11.3 Å². The van der Waals surface area contributed by atoms with E-state index in [9.17, 15) is 0 Å². The van der Waals surface area contributed by atoms with Crippen molar-refractivity contribution in [3.05, 3.63) is 22.4 Å². The van der Waals surface area contributed by atoms with Crippen molar-refractivity contribution in [2.45, 2.75) is 25.4 Å². The molecule has 0 amide bonds. The normalized spacial score (nSPS) is 23.2. The lowest BCUT2D eigenvalue weighted by atomic mass is 10.1. The molecule has 1 aliphatic rings. The summed E-state index contributed by atoms with van der Waals surface area (Å²) in [5.41, 5.74) is 0. The summed E-state index contributed by atoms with van der Waals surface area (Å²) in [6.07, 6.45) is 2.45. The molecule has 0 radical (unpaired) electrons. The van der Waals surface area contributed by atoms with Gasteiger partial charge in [0.15, 0.2) is 0 Å². The summed E-state index contributed by atoms with van der Waals surface area (Å²) in [5.74, 6) is 0. The van der Waals surface area contributed by atoms with Crippen LogP contribution in [0.3, 0.4) is 0 Å². The van der Waals surface area contributed by atoms with E-state index in [4.69, 9.17) is 4.74 Å². The number of hydrogen-bond acceptors (Lipinski definition) is 3. The second kappa shape index (κ2) is 4.74. The molecule has 1 aromatic rings. The summed E-state index contributed by atoms with van der Waals surface area (Å²) < 4.78 is 5.39. The Labute approximate surface area is 82.9 Å². The zero-order valence-electron chi connectivity index (χ0n) is 7.66. The molecule has 0 aromatic carbocycles. The number of hydrogen-bond donors (Lipinski definition) is 1. The average Bonchev–Trinajstić information content (AvgIpc) is 2.69. The van der Waals surface area contributed by atoms with Crippen molar-refractivity contribution in [1.29, 1.82) is 0 Å². The molecule has 0 saturated carbocycles. The van der Waals surface area contributed by atoms with Gasteiger partial charge in [0.1, 0.15) is 0 Å². The molecular weight excluding hydrogens is 182 g/mol. The second-order valence-electron chi connectivity index (χ2n) is 3.37. The highest BCUT2D eigenvalue weighted by Gasteiger charge is 2.12. The topological polar surface area (TPSA) is 21.3 Å². The molecule has 13 heavy (non-hydrogen) atoms. The van der Waals surface area contributed by atoms with Crippen molar-refractivity contribution in [1.82, 2.24) is 5.32 Å². The first kappa shape index (κ1) is 9.19. The van der Waals surface area contributed by atoms with Gasteiger partial charge in [-0.05, 0) is 24.3 Å². The predicted molar refractivity (Wildman–Crippen MR) is 55.0 cm³/mol. The molecule has 0 bridgehead atoms. The zero-order chi connectivity index (χ0) is 8.93. The van der Waals surface area contributed by atoms with Gasteiger partial charge in [-0.3, -0.25) is 0 Å².